The van der Waals surface area contributed by atoms with Gasteiger partial charge in [0, 0.05) is 17.9 Å². The van der Waals surface area contributed by atoms with Crippen molar-refractivity contribution < 1.29 is 9.47 Å². The van der Waals surface area contributed by atoms with E-state index in [1.807, 2.05) is 54.6 Å². The summed E-state index contributed by atoms with van der Waals surface area (Å²) < 4.78 is 11.4. The van der Waals surface area contributed by atoms with Crippen LogP contribution >= 0.6 is 11.6 Å². The van der Waals surface area contributed by atoms with Gasteiger partial charge in [-0.15, -0.1) is 0 Å². The molecule has 20 heavy (non-hydrogen) atoms. The van der Waals surface area contributed by atoms with Gasteiger partial charge in [0.15, 0.2) is 0 Å². The van der Waals surface area contributed by atoms with E-state index in [1.165, 1.54) is 0 Å². The summed E-state index contributed by atoms with van der Waals surface area (Å²) in [7, 11) is 0. The Kier molecular flexibility index (Phi) is 5.82. The minimum atomic E-state index is 0.611. The topological polar surface area (TPSA) is 18.5 Å². The summed E-state index contributed by atoms with van der Waals surface area (Å²) in [6, 6.07) is 17.3. The van der Waals surface area contributed by atoms with Gasteiger partial charge >= 0.3 is 0 Å². The van der Waals surface area contributed by atoms with Gasteiger partial charge in [-0.3, -0.25) is 0 Å². The van der Waals surface area contributed by atoms with Gasteiger partial charge in [0.05, 0.1) is 6.61 Å². The van der Waals surface area contributed by atoms with Gasteiger partial charge in [-0.1, -0.05) is 30.2 Å². The Bertz CT molecular complexity index is 585. The highest BCUT2D eigenvalue weighted by molar-refractivity contribution is 6.30. The minimum absolute atomic E-state index is 0.611. The fourth-order valence-corrected chi connectivity index (χ4v) is 1.74. The third-order valence-electron chi connectivity index (χ3n) is 2.57. The first-order valence-corrected chi connectivity index (χ1v) is 6.80. The Labute approximate surface area is 124 Å². The van der Waals surface area contributed by atoms with E-state index in [9.17, 15) is 0 Å². The molecule has 2 aromatic carbocycles. The van der Waals surface area contributed by atoms with E-state index in [2.05, 4.69) is 11.3 Å². The van der Waals surface area contributed by atoms with Crippen LogP contribution in [0.3, 0.4) is 0 Å². The summed E-state index contributed by atoms with van der Waals surface area (Å²) in [4.78, 5) is 0. The highest BCUT2D eigenvalue weighted by atomic mass is 35.5. The summed E-state index contributed by atoms with van der Waals surface area (Å²) in [5.74, 6) is 5.14. The lowest BCUT2D eigenvalue weighted by atomic mass is 10.3. The van der Waals surface area contributed by atoms with Gasteiger partial charge in [0.25, 0.3) is 0 Å². The highest BCUT2D eigenvalue weighted by Gasteiger charge is 1.99. The molecular formula is C17H15ClO2. The van der Waals surface area contributed by atoms with Crippen LogP contribution in [0.2, 0.25) is 0 Å². The summed E-state index contributed by atoms with van der Waals surface area (Å²) in [6.45, 7) is 0.611. The molecule has 0 aliphatic carbocycles. The molecule has 0 saturated carbocycles. The molecule has 0 heterocycles. The van der Waals surface area contributed by atoms with Gasteiger partial charge in [0.2, 0.25) is 0 Å². The van der Waals surface area contributed by atoms with E-state index in [0.717, 1.165) is 30.1 Å². The van der Waals surface area contributed by atoms with Crippen LogP contribution in [0.1, 0.15) is 12.8 Å². The Morgan fingerprint density at radius 2 is 1.65 bits per heavy atom. The van der Waals surface area contributed by atoms with Gasteiger partial charge in [-0.2, -0.15) is 0 Å². The van der Waals surface area contributed by atoms with Crippen LogP contribution in [-0.4, -0.2) is 6.61 Å². The fraction of sp³-hybridized carbons (Fsp3) is 0.176. The lowest BCUT2D eigenvalue weighted by Crippen LogP contribution is -1.96. The molecular weight excluding hydrogens is 272 g/mol. The first-order valence-electron chi connectivity index (χ1n) is 6.43. The third kappa shape index (κ3) is 4.87. The largest absolute Gasteiger partial charge is 0.493 e. The number of halogens is 1. The van der Waals surface area contributed by atoms with E-state index in [4.69, 9.17) is 21.1 Å². The maximum absolute atomic E-state index is 5.74. The lowest BCUT2D eigenvalue weighted by Gasteiger charge is -2.08. The standard InChI is InChI=1S/C17H15ClO2/c18-12-5-2-6-13-19-16-10-7-11-17(14-16)20-15-8-3-1-4-9-15/h1,3-4,7-11,14H,2,6,13H2. The van der Waals surface area contributed by atoms with Crippen LogP contribution in [0.25, 0.3) is 0 Å². The zero-order valence-corrected chi connectivity index (χ0v) is 11.8. The quantitative estimate of drug-likeness (QED) is 0.559. The van der Waals surface area contributed by atoms with Gasteiger partial charge in [0.1, 0.15) is 17.2 Å². The van der Waals surface area contributed by atoms with Crippen LogP contribution in [0.5, 0.6) is 17.2 Å². The Morgan fingerprint density at radius 1 is 0.900 bits per heavy atom. The molecule has 102 valence electrons. The predicted octanol–water partition coefficient (Wildman–Crippen LogP) is 4.84. The molecule has 0 N–H and O–H groups in total. The molecule has 2 nitrogen and oxygen atoms in total. The first kappa shape index (κ1) is 14.3. The fourth-order valence-electron chi connectivity index (χ4n) is 1.65. The highest BCUT2D eigenvalue weighted by Crippen LogP contribution is 2.24. The molecule has 2 rings (SSSR count). The van der Waals surface area contributed by atoms with Crippen molar-refractivity contribution in [3.05, 3.63) is 54.6 Å². The number of unbranched alkanes of at least 4 members (excludes halogenated alkanes) is 1. The monoisotopic (exact) mass is 286 g/mol. The SMILES string of the molecule is ClC#CCCCOc1cccc(Oc2ccccc2)c1. The van der Waals surface area contributed by atoms with Crippen molar-refractivity contribution in [1.29, 1.82) is 0 Å². The number of benzene rings is 2. The number of rotatable bonds is 6. The molecule has 0 spiro atoms. The Hall–Kier alpha value is -2.11. The van der Waals surface area contributed by atoms with E-state index in [-0.39, 0.29) is 0 Å². The molecule has 0 unspecified atom stereocenters. The van der Waals surface area contributed by atoms with Crippen LogP contribution < -0.4 is 9.47 Å². The van der Waals surface area contributed by atoms with Crippen LogP contribution in [0.4, 0.5) is 0 Å². The summed E-state index contributed by atoms with van der Waals surface area (Å²) in [5.41, 5.74) is 0. The molecule has 2 aromatic rings. The zero-order chi connectivity index (χ0) is 14.0. The van der Waals surface area contributed by atoms with E-state index < -0.39 is 0 Å². The molecule has 0 amide bonds. The molecule has 0 aliphatic heterocycles. The lowest BCUT2D eigenvalue weighted by molar-refractivity contribution is 0.311. The third-order valence-corrected chi connectivity index (χ3v) is 2.70. The summed E-state index contributed by atoms with van der Waals surface area (Å²) >= 11 is 5.28. The maximum atomic E-state index is 5.74. The van der Waals surface area contributed by atoms with Crippen molar-refractivity contribution in [3.63, 3.8) is 0 Å². The zero-order valence-electron chi connectivity index (χ0n) is 11.0. The van der Waals surface area contributed by atoms with Crippen molar-refractivity contribution in [1.82, 2.24) is 0 Å². The molecule has 0 bridgehead atoms. The normalized spacial score (nSPS) is 9.45. The second-order valence-corrected chi connectivity index (χ2v) is 4.30. The minimum Gasteiger partial charge on any atom is -0.493 e. The summed E-state index contributed by atoms with van der Waals surface area (Å²) in [5, 5.41) is 2.35. The second-order valence-electron chi connectivity index (χ2n) is 4.11. The number of hydrogen-bond acceptors (Lipinski definition) is 2. The molecule has 0 saturated heterocycles. The maximum Gasteiger partial charge on any atom is 0.131 e. The Morgan fingerprint density at radius 3 is 2.45 bits per heavy atom. The van der Waals surface area contributed by atoms with Crippen LogP contribution in [-0.2, 0) is 0 Å². The Balaban J connectivity index is 1.88. The molecule has 0 aliphatic rings. The molecule has 0 aromatic heterocycles. The van der Waals surface area contributed by atoms with E-state index in [1.54, 1.807) is 0 Å². The number of para-hydroxylation sites is 1. The first-order chi connectivity index (χ1) is 9.88. The van der Waals surface area contributed by atoms with Crippen molar-refractivity contribution in [2.75, 3.05) is 6.61 Å². The molecule has 0 atom stereocenters. The smallest absolute Gasteiger partial charge is 0.131 e. The van der Waals surface area contributed by atoms with E-state index >= 15 is 0 Å². The van der Waals surface area contributed by atoms with E-state index in [0.29, 0.717) is 6.61 Å². The average molecular weight is 287 g/mol. The molecule has 3 heteroatoms. The van der Waals surface area contributed by atoms with Crippen LogP contribution in [0, 0.1) is 11.3 Å². The van der Waals surface area contributed by atoms with Gasteiger partial charge in [-0.05, 0) is 42.3 Å². The second kappa shape index (κ2) is 8.14. The van der Waals surface area contributed by atoms with Crippen LogP contribution in [0.15, 0.2) is 54.6 Å². The van der Waals surface area contributed by atoms with Crippen molar-refractivity contribution in [3.8, 4) is 28.5 Å². The van der Waals surface area contributed by atoms with Gasteiger partial charge < -0.3 is 9.47 Å². The summed E-state index contributed by atoms with van der Waals surface area (Å²) in [6.07, 6.45) is 1.59. The average Bonchev–Trinajstić information content (AvgIpc) is 2.48. The molecule has 0 radical (unpaired) electrons. The number of hydrogen-bond donors (Lipinski definition) is 0. The van der Waals surface area contributed by atoms with Crippen molar-refractivity contribution in [2.45, 2.75) is 12.8 Å². The predicted molar refractivity (Wildman–Crippen MR) is 81.3 cm³/mol. The van der Waals surface area contributed by atoms with Crippen molar-refractivity contribution in [2.24, 2.45) is 0 Å². The molecule has 0 fully saturated rings. The van der Waals surface area contributed by atoms with Crippen molar-refractivity contribution >= 4 is 11.6 Å². The number of ether oxygens (including phenoxy) is 2. The van der Waals surface area contributed by atoms with Gasteiger partial charge in [-0.25, -0.2) is 0 Å².